The number of hydrogen-bond donors (Lipinski definition) is 0. The molecule has 0 aromatic heterocycles. The van der Waals surface area contributed by atoms with Crippen molar-refractivity contribution in [3.63, 3.8) is 0 Å². The van der Waals surface area contributed by atoms with Gasteiger partial charge in [0.05, 0.1) is 12.7 Å². The molecule has 2 heterocycles. The minimum atomic E-state index is -0.265. The lowest BCUT2D eigenvalue weighted by Gasteiger charge is -2.35. The van der Waals surface area contributed by atoms with Crippen LogP contribution >= 0.6 is 0 Å². The first-order valence-corrected chi connectivity index (χ1v) is 7.27. The molecule has 2 aliphatic rings. The molecule has 0 aliphatic carbocycles. The van der Waals surface area contributed by atoms with E-state index in [9.17, 15) is 9.59 Å². The summed E-state index contributed by atoms with van der Waals surface area (Å²) in [5.41, 5.74) is 0. The van der Waals surface area contributed by atoms with Crippen LogP contribution in [0.3, 0.4) is 0 Å². The Labute approximate surface area is 120 Å². The Morgan fingerprint density at radius 1 is 1.25 bits per heavy atom. The summed E-state index contributed by atoms with van der Waals surface area (Å²) in [6, 6.07) is -0.265. The molecule has 114 valence electrons. The van der Waals surface area contributed by atoms with Crippen LogP contribution in [-0.2, 0) is 19.1 Å². The van der Waals surface area contributed by atoms with E-state index in [0.29, 0.717) is 26.1 Å². The first kappa shape index (κ1) is 15.3. The van der Waals surface area contributed by atoms with Crippen molar-refractivity contribution in [1.82, 2.24) is 9.80 Å². The van der Waals surface area contributed by atoms with Crippen molar-refractivity contribution in [3.05, 3.63) is 0 Å². The molecule has 2 rings (SSSR count). The molecule has 6 heteroatoms. The number of hydrogen-bond acceptors (Lipinski definition) is 4. The van der Waals surface area contributed by atoms with Crippen molar-refractivity contribution in [2.45, 2.75) is 37.8 Å². The predicted molar refractivity (Wildman–Crippen MR) is 73.2 cm³/mol. The second-order valence-corrected chi connectivity index (χ2v) is 5.45. The number of ether oxygens (including phenoxy) is 2. The van der Waals surface area contributed by atoms with E-state index in [0.717, 1.165) is 25.8 Å². The van der Waals surface area contributed by atoms with Crippen molar-refractivity contribution >= 4 is 11.8 Å². The molecule has 2 atom stereocenters. The predicted octanol–water partition coefficient (Wildman–Crippen LogP) is 0.261. The third-order valence-corrected chi connectivity index (χ3v) is 4.13. The first-order valence-electron chi connectivity index (χ1n) is 7.27. The molecule has 0 aromatic rings. The topological polar surface area (TPSA) is 59.1 Å². The molecule has 2 aliphatic heterocycles. The van der Waals surface area contributed by atoms with Crippen LogP contribution in [0.25, 0.3) is 0 Å². The highest BCUT2D eigenvalue weighted by Crippen LogP contribution is 2.23. The maximum absolute atomic E-state index is 12.6. The van der Waals surface area contributed by atoms with Gasteiger partial charge in [0.1, 0.15) is 6.04 Å². The van der Waals surface area contributed by atoms with Crippen molar-refractivity contribution in [1.29, 1.82) is 0 Å². The van der Waals surface area contributed by atoms with Crippen LogP contribution in [0.2, 0.25) is 0 Å². The fraction of sp³-hybridized carbons (Fsp3) is 0.857. The van der Waals surface area contributed by atoms with E-state index in [-0.39, 0.29) is 24.0 Å². The molecule has 2 saturated heterocycles. The van der Waals surface area contributed by atoms with E-state index in [1.165, 1.54) is 0 Å². The van der Waals surface area contributed by atoms with Gasteiger partial charge in [-0.05, 0) is 19.3 Å². The fourth-order valence-corrected chi connectivity index (χ4v) is 2.99. The summed E-state index contributed by atoms with van der Waals surface area (Å²) >= 11 is 0. The lowest BCUT2D eigenvalue weighted by molar-refractivity contribution is -0.144. The standard InChI is InChI=1S/C14H24N2O4/c1-19-10-11(20-2)9-15-8-6-13(17)16-7-4-3-5-12(16)14(15)18/h11-12H,3-10H2,1-2H3. The van der Waals surface area contributed by atoms with Gasteiger partial charge in [-0.3, -0.25) is 9.59 Å². The summed E-state index contributed by atoms with van der Waals surface area (Å²) < 4.78 is 10.4. The van der Waals surface area contributed by atoms with E-state index in [1.54, 1.807) is 24.0 Å². The summed E-state index contributed by atoms with van der Waals surface area (Å²) in [4.78, 5) is 28.3. The van der Waals surface area contributed by atoms with E-state index in [4.69, 9.17) is 9.47 Å². The minimum Gasteiger partial charge on any atom is -0.382 e. The van der Waals surface area contributed by atoms with Gasteiger partial charge in [-0.15, -0.1) is 0 Å². The van der Waals surface area contributed by atoms with Crippen molar-refractivity contribution in [2.75, 3.05) is 40.5 Å². The Hall–Kier alpha value is -1.14. The molecule has 2 fully saturated rings. The molecular formula is C14H24N2O4. The zero-order valence-corrected chi connectivity index (χ0v) is 12.3. The lowest BCUT2D eigenvalue weighted by Crippen LogP contribution is -2.51. The van der Waals surface area contributed by atoms with Crippen LogP contribution in [0.1, 0.15) is 25.7 Å². The number of rotatable bonds is 5. The smallest absolute Gasteiger partial charge is 0.245 e. The molecule has 0 saturated carbocycles. The number of carbonyl (C=O) groups is 2. The second kappa shape index (κ2) is 7.04. The van der Waals surface area contributed by atoms with Crippen molar-refractivity contribution in [3.8, 4) is 0 Å². The van der Waals surface area contributed by atoms with Crippen molar-refractivity contribution < 1.29 is 19.1 Å². The Bertz CT molecular complexity index is 361. The number of carbonyl (C=O) groups excluding carboxylic acids is 2. The molecular weight excluding hydrogens is 260 g/mol. The maximum atomic E-state index is 12.6. The van der Waals surface area contributed by atoms with Crippen molar-refractivity contribution in [2.24, 2.45) is 0 Å². The van der Waals surface area contributed by atoms with Gasteiger partial charge in [-0.1, -0.05) is 0 Å². The van der Waals surface area contributed by atoms with E-state index in [1.807, 2.05) is 0 Å². The third-order valence-electron chi connectivity index (χ3n) is 4.13. The summed E-state index contributed by atoms with van der Waals surface area (Å²) in [5.74, 6) is 0.167. The normalized spacial score (nSPS) is 25.4. The molecule has 2 amide bonds. The quantitative estimate of drug-likeness (QED) is 0.727. The molecule has 2 unspecified atom stereocenters. The highest BCUT2D eigenvalue weighted by molar-refractivity contribution is 5.90. The van der Waals surface area contributed by atoms with Gasteiger partial charge in [-0.2, -0.15) is 0 Å². The van der Waals surface area contributed by atoms with Gasteiger partial charge >= 0.3 is 0 Å². The Balaban J connectivity index is 2.06. The SMILES string of the molecule is COCC(CN1CCC(=O)N2CCCCC2C1=O)OC. The van der Waals surface area contributed by atoms with E-state index < -0.39 is 0 Å². The summed E-state index contributed by atoms with van der Waals surface area (Å²) in [5, 5.41) is 0. The van der Waals surface area contributed by atoms with Gasteiger partial charge in [0.25, 0.3) is 0 Å². The zero-order valence-electron chi connectivity index (χ0n) is 12.3. The molecule has 0 aromatic carbocycles. The summed E-state index contributed by atoms with van der Waals surface area (Å²) in [6.07, 6.45) is 3.06. The summed E-state index contributed by atoms with van der Waals surface area (Å²) in [7, 11) is 3.23. The highest BCUT2D eigenvalue weighted by atomic mass is 16.5. The van der Waals surface area contributed by atoms with Crippen LogP contribution in [0.4, 0.5) is 0 Å². The van der Waals surface area contributed by atoms with Gasteiger partial charge in [0.2, 0.25) is 11.8 Å². The van der Waals surface area contributed by atoms with E-state index >= 15 is 0 Å². The average molecular weight is 284 g/mol. The maximum Gasteiger partial charge on any atom is 0.245 e. The Morgan fingerprint density at radius 2 is 2.05 bits per heavy atom. The molecule has 20 heavy (non-hydrogen) atoms. The average Bonchev–Trinajstić information content (AvgIpc) is 2.59. The number of methoxy groups -OCH3 is 2. The fourth-order valence-electron chi connectivity index (χ4n) is 2.99. The highest BCUT2D eigenvalue weighted by Gasteiger charge is 2.38. The van der Waals surface area contributed by atoms with Crippen LogP contribution in [0, 0.1) is 0 Å². The Kier molecular flexibility index (Phi) is 5.37. The number of amides is 2. The summed E-state index contributed by atoms with van der Waals surface area (Å²) in [6.45, 7) is 2.13. The molecule has 0 radical (unpaired) electrons. The largest absolute Gasteiger partial charge is 0.382 e. The van der Waals surface area contributed by atoms with Gasteiger partial charge in [0.15, 0.2) is 0 Å². The minimum absolute atomic E-state index is 0.0636. The monoisotopic (exact) mass is 284 g/mol. The Morgan fingerprint density at radius 3 is 2.75 bits per heavy atom. The number of piperidine rings is 1. The van der Waals surface area contributed by atoms with Crippen LogP contribution in [0.15, 0.2) is 0 Å². The second-order valence-electron chi connectivity index (χ2n) is 5.45. The van der Waals surface area contributed by atoms with Crippen LogP contribution in [-0.4, -0.2) is 74.2 Å². The molecule has 0 N–H and O–H groups in total. The first-order chi connectivity index (χ1) is 9.67. The number of fused-ring (bicyclic) bond motifs is 1. The van der Waals surface area contributed by atoms with Gasteiger partial charge < -0.3 is 19.3 Å². The van der Waals surface area contributed by atoms with Gasteiger partial charge in [-0.25, -0.2) is 0 Å². The van der Waals surface area contributed by atoms with Crippen LogP contribution < -0.4 is 0 Å². The number of nitrogens with zero attached hydrogens (tertiary/aromatic N) is 2. The molecule has 0 spiro atoms. The zero-order chi connectivity index (χ0) is 14.5. The van der Waals surface area contributed by atoms with Crippen LogP contribution in [0.5, 0.6) is 0 Å². The van der Waals surface area contributed by atoms with E-state index in [2.05, 4.69) is 0 Å². The lowest BCUT2D eigenvalue weighted by atomic mass is 10.0. The molecule has 0 bridgehead atoms. The van der Waals surface area contributed by atoms with Gasteiger partial charge in [0, 0.05) is 40.3 Å². The third kappa shape index (κ3) is 3.30. The molecule has 6 nitrogen and oxygen atoms in total.